The summed E-state index contributed by atoms with van der Waals surface area (Å²) in [7, 11) is 1.60. The summed E-state index contributed by atoms with van der Waals surface area (Å²) in [5.41, 5.74) is 4.57. The van der Waals surface area contributed by atoms with Crippen LogP contribution in [0.25, 0.3) is 6.08 Å². The standard InChI is InChI=1S/C35H31BrN2O6S/c1-4-43-30-17-26(29(36)19-31(30)44-21-24-7-5-22(2)6-8-24)18-32-33(39)38(20-23-9-11-25(12-10-23)34(40)41)35(45-32)37-27-13-15-28(42-3)16-14-27/h5-19H,4,20-21H2,1-3H3,(H,40,41)/b32-18-,37-35?. The maximum atomic E-state index is 13.8. The first-order valence-corrected chi connectivity index (χ1v) is 15.8. The Balaban J connectivity index is 1.45. The van der Waals surface area contributed by atoms with Crippen molar-refractivity contribution in [2.45, 2.75) is 27.0 Å². The average molecular weight is 688 g/mol. The van der Waals surface area contributed by atoms with Crippen LogP contribution >= 0.6 is 27.7 Å². The highest BCUT2D eigenvalue weighted by atomic mass is 79.9. The van der Waals surface area contributed by atoms with Crippen molar-refractivity contribution in [3.05, 3.63) is 122 Å². The van der Waals surface area contributed by atoms with Crippen molar-refractivity contribution in [1.29, 1.82) is 0 Å². The summed E-state index contributed by atoms with van der Waals surface area (Å²) < 4.78 is 18.1. The molecule has 4 aromatic carbocycles. The predicted octanol–water partition coefficient (Wildman–Crippen LogP) is 8.25. The highest BCUT2D eigenvalue weighted by Gasteiger charge is 2.34. The zero-order valence-electron chi connectivity index (χ0n) is 25.0. The van der Waals surface area contributed by atoms with Gasteiger partial charge in [0.15, 0.2) is 16.7 Å². The maximum absolute atomic E-state index is 13.8. The van der Waals surface area contributed by atoms with E-state index in [1.165, 1.54) is 29.5 Å². The summed E-state index contributed by atoms with van der Waals surface area (Å²) in [6.45, 7) is 4.99. The van der Waals surface area contributed by atoms with Crippen LogP contribution in [-0.2, 0) is 17.9 Å². The van der Waals surface area contributed by atoms with Gasteiger partial charge in [-0.2, -0.15) is 0 Å². The van der Waals surface area contributed by atoms with E-state index < -0.39 is 5.97 Å². The van der Waals surface area contributed by atoms with Crippen molar-refractivity contribution in [3.8, 4) is 17.2 Å². The third kappa shape index (κ3) is 7.95. The lowest BCUT2D eigenvalue weighted by Gasteiger charge is -2.16. The van der Waals surface area contributed by atoms with Crippen LogP contribution in [0.4, 0.5) is 5.69 Å². The van der Waals surface area contributed by atoms with Gasteiger partial charge >= 0.3 is 5.97 Å². The number of halogens is 1. The number of carbonyl (C=O) groups excluding carboxylic acids is 1. The Morgan fingerprint density at radius 3 is 2.27 bits per heavy atom. The van der Waals surface area contributed by atoms with Crippen LogP contribution in [0, 0.1) is 6.92 Å². The summed E-state index contributed by atoms with van der Waals surface area (Å²) in [5, 5.41) is 9.78. The molecular weight excluding hydrogens is 656 g/mol. The third-order valence-corrected chi connectivity index (χ3v) is 8.58. The summed E-state index contributed by atoms with van der Waals surface area (Å²) in [6, 6.07) is 25.6. The van der Waals surface area contributed by atoms with Gasteiger partial charge in [0.05, 0.1) is 36.4 Å². The van der Waals surface area contributed by atoms with E-state index in [4.69, 9.17) is 19.2 Å². The number of aryl methyl sites for hydroxylation is 1. The Kier molecular flexibility index (Phi) is 10.3. The van der Waals surface area contributed by atoms with Crippen molar-refractivity contribution >= 4 is 56.5 Å². The number of nitrogens with zero attached hydrogens (tertiary/aromatic N) is 2. The second-order valence-corrected chi connectivity index (χ2v) is 12.0. The molecule has 45 heavy (non-hydrogen) atoms. The Labute approximate surface area is 274 Å². The molecule has 1 heterocycles. The Hall–Kier alpha value is -4.54. The van der Waals surface area contributed by atoms with Gasteiger partial charge in [-0.05, 0) is 96.9 Å². The van der Waals surface area contributed by atoms with Crippen molar-refractivity contribution in [1.82, 2.24) is 4.90 Å². The zero-order chi connectivity index (χ0) is 31.9. The van der Waals surface area contributed by atoms with Crippen LogP contribution in [0.2, 0.25) is 0 Å². The highest BCUT2D eigenvalue weighted by molar-refractivity contribution is 9.10. The van der Waals surface area contributed by atoms with E-state index in [9.17, 15) is 14.7 Å². The van der Waals surface area contributed by atoms with Crippen molar-refractivity contribution in [2.75, 3.05) is 13.7 Å². The van der Waals surface area contributed by atoms with Crippen LogP contribution in [0.3, 0.4) is 0 Å². The topological polar surface area (TPSA) is 97.7 Å². The number of carboxylic acid groups (broad SMARTS) is 1. The van der Waals surface area contributed by atoms with Crippen LogP contribution in [0.5, 0.6) is 17.2 Å². The molecule has 0 aromatic heterocycles. The number of thioether (sulfide) groups is 1. The van der Waals surface area contributed by atoms with Gasteiger partial charge in [0.1, 0.15) is 12.4 Å². The number of rotatable bonds is 11. The van der Waals surface area contributed by atoms with Gasteiger partial charge in [0.2, 0.25) is 0 Å². The van der Waals surface area contributed by atoms with E-state index in [2.05, 4.69) is 15.9 Å². The van der Waals surface area contributed by atoms with Crippen molar-refractivity contribution < 1.29 is 28.9 Å². The van der Waals surface area contributed by atoms with Gasteiger partial charge in [0, 0.05) is 4.47 Å². The molecule has 8 nitrogen and oxygen atoms in total. The van der Waals surface area contributed by atoms with E-state index in [0.717, 1.165) is 21.2 Å². The normalized spacial score (nSPS) is 14.7. The van der Waals surface area contributed by atoms with E-state index >= 15 is 0 Å². The van der Waals surface area contributed by atoms with E-state index in [0.29, 0.717) is 46.2 Å². The Bertz CT molecular complexity index is 1750. The Morgan fingerprint density at radius 2 is 1.62 bits per heavy atom. The van der Waals surface area contributed by atoms with Gasteiger partial charge in [0.25, 0.3) is 5.91 Å². The highest BCUT2D eigenvalue weighted by Crippen LogP contribution is 2.40. The molecule has 230 valence electrons. The first kappa shape index (κ1) is 31.9. The molecule has 5 rings (SSSR count). The van der Waals surface area contributed by atoms with Gasteiger partial charge in [-0.25, -0.2) is 9.79 Å². The summed E-state index contributed by atoms with van der Waals surface area (Å²) in [4.78, 5) is 32.0. The number of carbonyl (C=O) groups is 2. The van der Waals surface area contributed by atoms with E-state index in [1.54, 1.807) is 42.4 Å². The van der Waals surface area contributed by atoms with Gasteiger partial charge in [-0.3, -0.25) is 9.69 Å². The van der Waals surface area contributed by atoms with Gasteiger partial charge < -0.3 is 19.3 Å². The lowest BCUT2D eigenvalue weighted by Crippen LogP contribution is -2.28. The number of benzene rings is 4. The number of amidine groups is 1. The van der Waals surface area contributed by atoms with E-state index in [-0.39, 0.29) is 18.0 Å². The number of hydrogen-bond donors (Lipinski definition) is 1. The molecule has 1 amide bonds. The molecule has 1 aliphatic rings. The molecule has 0 unspecified atom stereocenters. The molecule has 1 aliphatic heterocycles. The number of aromatic carboxylic acids is 1. The zero-order valence-corrected chi connectivity index (χ0v) is 27.4. The molecular formula is C35H31BrN2O6S. The second-order valence-electron chi connectivity index (χ2n) is 10.1. The first-order valence-electron chi connectivity index (χ1n) is 14.1. The molecule has 0 bridgehead atoms. The molecule has 0 saturated carbocycles. The van der Waals surface area contributed by atoms with Crippen LogP contribution < -0.4 is 14.2 Å². The lowest BCUT2D eigenvalue weighted by atomic mass is 10.1. The SMILES string of the molecule is CCOc1cc(/C=C2\SC(=Nc3ccc(OC)cc3)N(Cc3ccc(C(=O)O)cc3)C2=O)c(Br)cc1OCc1ccc(C)cc1. The molecule has 1 saturated heterocycles. The molecule has 0 atom stereocenters. The average Bonchev–Trinajstić information content (AvgIpc) is 3.32. The molecule has 1 fully saturated rings. The maximum Gasteiger partial charge on any atom is 0.335 e. The minimum Gasteiger partial charge on any atom is -0.497 e. The molecule has 4 aromatic rings. The number of hydrogen-bond acceptors (Lipinski definition) is 7. The fraction of sp³-hybridized carbons (Fsp3) is 0.171. The number of methoxy groups -OCH3 is 1. The summed E-state index contributed by atoms with van der Waals surface area (Å²) in [5.74, 6) is 0.623. The summed E-state index contributed by atoms with van der Waals surface area (Å²) >= 11 is 4.92. The summed E-state index contributed by atoms with van der Waals surface area (Å²) in [6.07, 6.45) is 1.81. The quantitative estimate of drug-likeness (QED) is 0.159. The second kappa shape index (κ2) is 14.5. The molecule has 0 spiro atoms. The lowest BCUT2D eigenvalue weighted by molar-refractivity contribution is -0.122. The monoisotopic (exact) mass is 686 g/mol. The number of aliphatic imine (C=N–C) groups is 1. The van der Waals surface area contributed by atoms with Crippen molar-refractivity contribution in [2.24, 2.45) is 4.99 Å². The predicted molar refractivity (Wildman–Crippen MR) is 180 cm³/mol. The molecule has 1 N–H and O–H groups in total. The molecule has 10 heteroatoms. The van der Waals surface area contributed by atoms with Crippen LogP contribution in [0.1, 0.15) is 39.5 Å². The number of carboxylic acids is 1. The molecule has 0 aliphatic carbocycles. The fourth-order valence-electron chi connectivity index (χ4n) is 4.46. The third-order valence-electron chi connectivity index (χ3n) is 6.89. The number of amides is 1. The van der Waals surface area contributed by atoms with Gasteiger partial charge in [-0.1, -0.05) is 57.9 Å². The van der Waals surface area contributed by atoms with Crippen LogP contribution in [0.15, 0.2) is 99.3 Å². The van der Waals surface area contributed by atoms with Crippen molar-refractivity contribution in [3.63, 3.8) is 0 Å². The van der Waals surface area contributed by atoms with E-state index in [1.807, 2.05) is 62.4 Å². The first-order chi connectivity index (χ1) is 21.7. The largest absolute Gasteiger partial charge is 0.497 e. The number of ether oxygens (including phenoxy) is 3. The minimum absolute atomic E-state index is 0.176. The fourth-order valence-corrected chi connectivity index (χ4v) is 5.89. The minimum atomic E-state index is -1.01. The van der Waals surface area contributed by atoms with Crippen LogP contribution in [-0.4, -0.2) is 40.8 Å². The van der Waals surface area contributed by atoms with Gasteiger partial charge in [-0.15, -0.1) is 0 Å². The Morgan fingerprint density at radius 1 is 0.956 bits per heavy atom. The molecule has 0 radical (unpaired) electrons. The smallest absolute Gasteiger partial charge is 0.335 e.